The van der Waals surface area contributed by atoms with Crippen LogP contribution in [0.3, 0.4) is 0 Å². The second-order valence-corrected chi connectivity index (χ2v) is 5.02. The molecule has 0 spiro atoms. The molecule has 4 nitrogen and oxygen atoms in total. The maximum absolute atomic E-state index is 11.6. The standard InChI is InChI=1S/C13H17ClN2O2/c1-9-8-15-5-6-16(9)12(13(17)18)10-3-2-4-11(14)7-10/h2-4,7,9,12,15H,5-6,8H2,1H3,(H,17,18). The van der Waals surface area contributed by atoms with Crippen molar-refractivity contribution in [1.82, 2.24) is 10.2 Å². The zero-order chi connectivity index (χ0) is 13.1. The number of nitrogens with one attached hydrogen (secondary N) is 1. The molecule has 1 aliphatic heterocycles. The zero-order valence-corrected chi connectivity index (χ0v) is 11.0. The van der Waals surface area contributed by atoms with Crippen LogP contribution >= 0.6 is 11.6 Å². The first-order valence-corrected chi connectivity index (χ1v) is 6.42. The van der Waals surface area contributed by atoms with Crippen molar-refractivity contribution in [2.75, 3.05) is 19.6 Å². The molecular formula is C13H17ClN2O2. The zero-order valence-electron chi connectivity index (χ0n) is 10.3. The molecule has 0 saturated carbocycles. The largest absolute Gasteiger partial charge is 0.480 e. The Kier molecular flexibility index (Phi) is 4.22. The Labute approximate surface area is 112 Å². The SMILES string of the molecule is CC1CNCCN1C(C(=O)O)c1cccc(Cl)c1. The number of rotatable bonds is 3. The fourth-order valence-electron chi connectivity index (χ4n) is 2.39. The highest BCUT2D eigenvalue weighted by molar-refractivity contribution is 6.30. The number of aliphatic carboxylic acids is 1. The summed E-state index contributed by atoms with van der Waals surface area (Å²) in [4.78, 5) is 13.6. The van der Waals surface area contributed by atoms with Gasteiger partial charge in [-0.2, -0.15) is 0 Å². The van der Waals surface area contributed by atoms with E-state index >= 15 is 0 Å². The van der Waals surface area contributed by atoms with Crippen LogP contribution < -0.4 is 5.32 Å². The van der Waals surface area contributed by atoms with E-state index in [9.17, 15) is 9.90 Å². The predicted molar refractivity (Wildman–Crippen MR) is 70.9 cm³/mol. The minimum atomic E-state index is -0.828. The highest BCUT2D eigenvalue weighted by Crippen LogP contribution is 2.26. The third kappa shape index (κ3) is 2.83. The van der Waals surface area contributed by atoms with Gasteiger partial charge in [-0.3, -0.25) is 9.69 Å². The van der Waals surface area contributed by atoms with Crippen molar-refractivity contribution in [3.8, 4) is 0 Å². The third-order valence-electron chi connectivity index (χ3n) is 3.28. The highest BCUT2D eigenvalue weighted by atomic mass is 35.5. The molecule has 1 saturated heterocycles. The van der Waals surface area contributed by atoms with Crippen molar-refractivity contribution in [3.05, 3.63) is 34.9 Å². The number of benzene rings is 1. The molecule has 18 heavy (non-hydrogen) atoms. The number of halogens is 1. The first-order chi connectivity index (χ1) is 8.59. The van der Waals surface area contributed by atoms with Crippen LogP contribution in [-0.4, -0.2) is 41.7 Å². The minimum absolute atomic E-state index is 0.193. The molecule has 0 bridgehead atoms. The molecule has 2 N–H and O–H groups in total. The van der Waals surface area contributed by atoms with Gasteiger partial charge in [-0.15, -0.1) is 0 Å². The molecular weight excluding hydrogens is 252 g/mol. The van der Waals surface area contributed by atoms with Gasteiger partial charge in [0.05, 0.1) is 0 Å². The molecule has 2 rings (SSSR count). The van der Waals surface area contributed by atoms with Gasteiger partial charge in [0.2, 0.25) is 0 Å². The van der Waals surface area contributed by atoms with E-state index in [1.54, 1.807) is 18.2 Å². The Morgan fingerprint density at radius 3 is 3.00 bits per heavy atom. The summed E-state index contributed by atoms with van der Waals surface area (Å²) in [6.07, 6.45) is 0. The molecule has 2 atom stereocenters. The van der Waals surface area contributed by atoms with Crippen LogP contribution in [0.25, 0.3) is 0 Å². The maximum atomic E-state index is 11.6. The normalized spacial score (nSPS) is 22.7. The molecule has 2 unspecified atom stereocenters. The number of nitrogens with zero attached hydrogens (tertiary/aromatic N) is 1. The Hall–Kier alpha value is -1.10. The van der Waals surface area contributed by atoms with E-state index in [1.807, 2.05) is 17.9 Å². The molecule has 1 aromatic carbocycles. The number of carboxylic acids is 1. The van der Waals surface area contributed by atoms with Gasteiger partial charge in [0.1, 0.15) is 6.04 Å². The van der Waals surface area contributed by atoms with E-state index in [0.29, 0.717) is 5.02 Å². The maximum Gasteiger partial charge on any atom is 0.325 e. The van der Waals surface area contributed by atoms with Gasteiger partial charge in [0.15, 0.2) is 0 Å². The van der Waals surface area contributed by atoms with Gasteiger partial charge in [0.25, 0.3) is 0 Å². The van der Waals surface area contributed by atoms with Crippen molar-refractivity contribution in [3.63, 3.8) is 0 Å². The van der Waals surface area contributed by atoms with Crippen molar-refractivity contribution >= 4 is 17.6 Å². The highest BCUT2D eigenvalue weighted by Gasteiger charge is 2.32. The molecule has 1 heterocycles. The molecule has 5 heteroatoms. The average Bonchev–Trinajstić information content (AvgIpc) is 2.32. The Morgan fingerprint density at radius 1 is 1.61 bits per heavy atom. The monoisotopic (exact) mass is 268 g/mol. The van der Waals surface area contributed by atoms with E-state index < -0.39 is 12.0 Å². The summed E-state index contributed by atoms with van der Waals surface area (Å²) in [5.41, 5.74) is 0.740. The molecule has 1 aromatic rings. The van der Waals surface area contributed by atoms with Crippen LogP contribution in [-0.2, 0) is 4.79 Å². The van der Waals surface area contributed by atoms with E-state index in [4.69, 9.17) is 11.6 Å². The van der Waals surface area contributed by atoms with E-state index in [1.165, 1.54) is 0 Å². The minimum Gasteiger partial charge on any atom is -0.480 e. The summed E-state index contributed by atoms with van der Waals surface area (Å²) in [6, 6.07) is 6.67. The summed E-state index contributed by atoms with van der Waals surface area (Å²) in [5, 5.41) is 13.3. The van der Waals surface area contributed by atoms with Gasteiger partial charge in [-0.1, -0.05) is 23.7 Å². The number of carboxylic acid groups (broad SMARTS) is 1. The Bertz CT molecular complexity index is 439. The Morgan fingerprint density at radius 2 is 2.39 bits per heavy atom. The van der Waals surface area contributed by atoms with Crippen molar-refractivity contribution in [2.24, 2.45) is 0 Å². The number of hydrogen-bond acceptors (Lipinski definition) is 3. The summed E-state index contributed by atoms with van der Waals surface area (Å²) >= 11 is 5.95. The number of piperazine rings is 1. The topological polar surface area (TPSA) is 52.6 Å². The fraction of sp³-hybridized carbons (Fsp3) is 0.462. The summed E-state index contributed by atoms with van der Waals surface area (Å²) in [7, 11) is 0. The van der Waals surface area contributed by atoms with Gasteiger partial charge in [0, 0.05) is 30.7 Å². The first-order valence-electron chi connectivity index (χ1n) is 6.04. The number of hydrogen-bond donors (Lipinski definition) is 2. The molecule has 1 aliphatic rings. The smallest absolute Gasteiger partial charge is 0.325 e. The average molecular weight is 269 g/mol. The van der Waals surface area contributed by atoms with Crippen molar-refractivity contribution in [2.45, 2.75) is 19.0 Å². The van der Waals surface area contributed by atoms with E-state index in [0.717, 1.165) is 25.2 Å². The van der Waals surface area contributed by atoms with Crippen LogP contribution in [0, 0.1) is 0 Å². The van der Waals surface area contributed by atoms with E-state index in [-0.39, 0.29) is 6.04 Å². The second kappa shape index (κ2) is 5.69. The lowest BCUT2D eigenvalue weighted by Gasteiger charge is -2.38. The second-order valence-electron chi connectivity index (χ2n) is 4.59. The fourth-order valence-corrected chi connectivity index (χ4v) is 2.59. The summed E-state index contributed by atoms with van der Waals surface area (Å²) in [6.45, 7) is 4.39. The molecule has 0 radical (unpaired) electrons. The molecule has 0 aliphatic carbocycles. The first kappa shape index (κ1) is 13.3. The number of carbonyl (C=O) groups is 1. The van der Waals surface area contributed by atoms with Gasteiger partial charge in [-0.05, 0) is 24.6 Å². The van der Waals surface area contributed by atoms with E-state index in [2.05, 4.69) is 5.32 Å². The third-order valence-corrected chi connectivity index (χ3v) is 3.52. The molecule has 0 amide bonds. The van der Waals surface area contributed by atoms with Crippen LogP contribution in [0.5, 0.6) is 0 Å². The van der Waals surface area contributed by atoms with Crippen LogP contribution in [0.15, 0.2) is 24.3 Å². The molecule has 98 valence electrons. The lowest BCUT2D eigenvalue weighted by molar-refractivity contribution is -0.145. The molecule has 0 aromatic heterocycles. The lowest BCUT2D eigenvalue weighted by atomic mass is 10.0. The quantitative estimate of drug-likeness (QED) is 0.877. The van der Waals surface area contributed by atoms with Crippen LogP contribution in [0.1, 0.15) is 18.5 Å². The Balaban J connectivity index is 2.30. The van der Waals surface area contributed by atoms with Crippen molar-refractivity contribution < 1.29 is 9.90 Å². The van der Waals surface area contributed by atoms with Crippen LogP contribution in [0.2, 0.25) is 5.02 Å². The van der Waals surface area contributed by atoms with Gasteiger partial charge < -0.3 is 10.4 Å². The summed E-state index contributed by atoms with van der Waals surface area (Å²) in [5.74, 6) is -0.828. The van der Waals surface area contributed by atoms with Gasteiger partial charge in [-0.25, -0.2) is 0 Å². The summed E-state index contributed by atoms with van der Waals surface area (Å²) < 4.78 is 0. The van der Waals surface area contributed by atoms with Gasteiger partial charge >= 0.3 is 5.97 Å². The lowest BCUT2D eigenvalue weighted by Crippen LogP contribution is -2.52. The predicted octanol–water partition coefficient (Wildman–Crippen LogP) is 1.76. The van der Waals surface area contributed by atoms with Crippen LogP contribution in [0.4, 0.5) is 0 Å². The molecule has 1 fully saturated rings. The van der Waals surface area contributed by atoms with Crippen molar-refractivity contribution in [1.29, 1.82) is 0 Å².